The Balaban J connectivity index is 1.47. The van der Waals surface area contributed by atoms with E-state index in [1.54, 1.807) is 24.3 Å². The Labute approximate surface area is 214 Å². The molecule has 5 rings (SSSR count). The Morgan fingerprint density at radius 2 is 1.58 bits per heavy atom. The number of fused-ring (bicyclic) bond motifs is 2. The van der Waals surface area contributed by atoms with E-state index in [2.05, 4.69) is 0 Å². The third-order valence-electron chi connectivity index (χ3n) is 5.73. The van der Waals surface area contributed by atoms with E-state index < -0.39 is 34.7 Å². The van der Waals surface area contributed by atoms with Crippen LogP contribution in [-0.4, -0.2) is 5.97 Å². The van der Waals surface area contributed by atoms with E-state index in [0.29, 0.717) is 0 Å². The van der Waals surface area contributed by atoms with E-state index in [0.717, 1.165) is 28.0 Å². The zero-order valence-corrected chi connectivity index (χ0v) is 19.9. The summed E-state index contributed by atoms with van der Waals surface area (Å²) in [6.07, 6.45) is -2.29. The summed E-state index contributed by atoms with van der Waals surface area (Å²) in [6, 6.07) is 22.9. The van der Waals surface area contributed by atoms with Gasteiger partial charge in [-0.1, -0.05) is 60.2 Å². The van der Waals surface area contributed by atoms with Crippen LogP contribution in [0.25, 0.3) is 27.8 Å². The van der Waals surface area contributed by atoms with Gasteiger partial charge in [-0.3, -0.25) is 4.79 Å². The van der Waals surface area contributed by atoms with Crippen molar-refractivity contribution in [2.75, 3.05) is 0 Å². The molecule has 8 heteroatoms. The number of hydrogen-bond donors (Lipinski definition) is 0. The summed E-state index contributed by atoms with van der Waals surface area (Å²) in [7, 11) is 0. The lowest BCUT2D eigenvalue weighted by Gasteiger charge is -2.14. The highest BCUT2D eigenvalue weighted by Crippen LogP contribution is 2.39. The first-order chi connectivity index (χ1) is 18.2. The van der Waals surface area contributed by atoms with Crippen LogP contribution in [0.1, 0.15) is 16.9 Å². The van der Waals surface area contributed by atoms with E-state index in [1.165, 1.54) is 30.3 Å². The van der Waals surface area contributed by atoms with E-state index >= 15 is 0 Å². The summed E-state index contributed by atoms with van der Waals surface area (Å²) in [6.45, 7) is 1.93. The van der Waals surface area contributed by atoms with Crippen LogP contribution in [0.2, 0.25) is 0 Å². The van der Waals surface area contributed by atoms with E-state index in [9.17, 15) is 22.8 Å². The minimum Gasteiger partial charge on any atom is -0.449 e. The topological polar surface area (TPSA) is 65.7 Å². The van der Waals surface area contributed by atoms with Crippen molar-refractivity contribution in [3.8, 4) is 17.2 Å². The number of halogens is 3. The third-order valence-corrected chi connectivity index (χ3v) is 5.73. The lowest BCUT2D eigenvalue weighted by molar-refractivity contribution is -0.154. The van der Waals surface area contributed by atoms with Crippen LogP contribution >= 0.6 is 0 Å². The number of benzene rings is 4. The number of carbonyl (C=O) groups excluding carboxylic acids is 1. The maximum atomic E-state index is 13.9. The molecular formula is C30H19F3O5. The largest absolute Gasteiger partial charge is 0.453 e. The van der Waals surface area contributed by atoms with Crippen LogP contribution in [0.5, 0.6) is 17.2 Å². The molecule has 190 valence electrons. The second-order valence-electron chi connectivity index (χ2n) is 8.52. The van der Waals surface area contributed by atoms with E-state index in [1.807, 2.05) is 43.3 Å². The first kappa shape index (κ1) is 24.8. The fraction of sp³-hybridized carbons (Fsp3) is 0.0667. The molecule has 1 aromatic heterocycles. The highest BCUT2D eigenvalue weighted by atomic mass is 19.4. The second kappa shape index (κ2) is 9.89. The molecule has 0 bridgehead atoms. The molecule has 0 aliphatic carbocycles. The molecule has 0 unspecified atom stereocenters. The number of esters is 1. The molecule has 0 atom stereocenters. The average molecular weight is 516 g/mol. The Bertz CT molecular complexity index is 1750. The molecular weight excluding hydrogens is 497 g/mol. The standard InChI is InChI=1S/C30H19F3O5/c1-18-6-8-19(9-7-18)10-15-26(34)36-23-13-14-24-25(17-23)38-29(30(31,32)33)28(27(24)35)37-22-12-11-20-4-2-3-5-21(20)16-22/h2-17H,1H3/b15-10+. The maximum absolute atomic E-state index is 13.9. The van der Waals surface area contributed by atoms with E-state index in [-0.39, 0.29) is 16.9 Å². The zero-order chi connectivity index (χ0) is 26.9. The highest BCUT2D eigenvalue weighted by Gasteiger charge is 2.40. The lowest BCUT2D eigenvalue weighted by Crippen LogP contribution is -2.15. The molecule has 0 aliphatic rings. The van der Waals surface area contributed by atoms with Crippen LogP contribution in [0.4, 0.5) is 13.2 Å². The van der Waals surface area contributed by atoms with Crippen molar-refractivity contribution in [2.24, 2.45) is 0 Å². The van der Waals surface area contributed by atoms with Gasteiger partial charge in [-0.05, 0) is 53.6 Å². The summed E-state index contributed by atoms with van der Waals surface area (Å²) in [5.74, 6) is -3.36. The van der Waals surface area contributed by atoms with Gasteiger partial charge in [-0.2, -0.15) is 13.2 Å². The quantitative estimate of drug-likeness (QED) is 0.136. The maximum Gasteiger partial charge on any atom is 0.453 e. The molecule has 0 radical (unpaired) electrons. The molecule has 0 saturated heterocycles. The van der Waals surface area contributed by atoms with Crippen molar-refractivity contribution >= 4 is 33.8 Å². The number of hydrogen-bond acceptors (Lipinski definition) is 5. The number of rotatable bonds is 5. The third kappa shape index (κ3) is 5.29. The van der Waals surface area contributed by atoms with Gasteiger partial charge in [0, 0.05) is 12.1 Å². The van der Waals surface area contributed by atoms with Crippen molar-refractivity contribution in [3.05, 3.63) is 118 Å². The van der Waals surface area contributed by atoms with Crippen molar-refractivity contribution in [2.45, 2.75) is 13.1 Å². The molecule has 0 fully saturated rings. The molecule has 38 heavy (non-hydrogen) atoms. The Morgan fingerprint density at radius 1 is 0.868 bits per heavy atom. The molecule has 0 aliphatic heterocycles. The molecule has 5 aromatic rings. The Hall–Kier alpha value is -4.85. The first-order valence-corrected chi connectivity index (χ1v) is 11.5. The molecule has 1 heterocycles. The van der Waals surface area contributed by atoms with E-state index in [4.69, 9.17) is 13.9 Å². The molecule has 0 amide bonds. The van der Waals surface area contributed by atoms with Crippen LogP contribution in [0.15, 0.2) is 100 Å². The van der Waals surface area contributed by atoms with Gasteiger partial charge < -0.3 is 13.9 Å². The fourth-order valence-corrected chi connectivity index (χ4v) is 3.84. The Kier molecular flexibility index (Phi) is 6.46. The molecule has 0 spiro atoms. The molecule has 0 N–H and O–H groups in total. The predicted molar refractivity (Wildman–Crippen MR) is 137 cm³/mol. The lowest BCUT2D eigenvalue weighted by atomic mass is 10.1. The minimum atomic E-state index is -5.02. The number of carbonyl (C=O) groups is 1. The van der Waals surface area contributed by atoms with Crippen molar-refractivity contribution in [3.63, 3.8) is 0 Å². The van der Waals surface area contributed by atoms with Crippen LogP contribution in [-0.2, 0) is 11.0 Å². The Morgan fingerprint density at radius 3 is 2.32 bits per heavy atom. The van der Waals surface area contributed by atoms with Crippen LogP contribution in [0, 0.1) is 6.92 Å². The van der Waals surface area contributed by atoms with Crippen molar-refractivity contribution < 1.29 is 31.9 Å². The summed E-state index contributed by atoms with van der Waals surface area (Å²) in [4.78, 5) is 25.3. The summed E-state index contributed by atoms with van der Waals surface area (Å²) in [5.41, 5.74) is 0.419. The second-order valence-corrected chi connectivity index (χ2v) is 8.52. The van der Waals surface area contributed by atoms with Gasteiger partial charge in [0.05, 0.1) is 5.39 Å². The fourth-order valence-electron chi connectivity index (χ4n) is 3.84. The minimum absolute atomic E-state index is 0.0479. The zero-order valence-electron chi connectivity index (χ0n) is 19.9. The van der Waals surface area contributed by atoms with Gasteiger partial charge in [0.2, 0.25) is 11.2 Å². The average Bonchev–Trinajstić information content (AvgIpc) is 2.89. The predicted octanol–water partition coefficient (Wildman–Crippen LogP) is 7.68. The van der Waals surface area contributed by atoms with Crippen LogP contribution < -0.4 is 14.9 Å². The highest BCUT2D eigenvalue weighted by molar-refractivity contribution is 5.89. The van der Waals surface area contributed by atoms with Crippen molar-refractivity contribution in [1.82, 2.24) is 0 Å². The van der Waals surface area contributed by atoms with Crippen molar-refractivity contribution in [1.29, 1.82) is 0 Å². The molecule has 5 nitrogen and oxygen atoms in total. The summed E-state index contributed by atoms with van der Waals surface area (Å²) < 4.78 is 57.4. The van der Waals surface area contributed by atoms with Gasteiger partial charge >= 0.3 is 12.1 Å². The normalized spacial score (nSPS) is 11.8. The van der Waals surface area contributed by atoms with Gasteiger partial charge in [0.25, 0.3) is 5.76 Å². The summed E-state index contributed by atoms with van der Waals surface area (Å²) in [5, 5.41) is 1.42. The van der Waals surface area contributed by atoms with Crippen LogP contribution in [0.3, 0.4) is 0 Å². The number of ether oxygens (including phenoxy) is 2. The summed E-state index contributed by atoms with van der Waals surface area (Å²) >= 11 is 0. The SMILES string of the molecule is Cc1ccc(/C=C/C(=O)Oc2ccc3c(=O)c(Oc4ccc5ccccc5c4)c(C(F)(F)F)oc3c2)cc1. The number of aryl methyl sites for hydroxylation is 1. The first-order valence-electron chi connectivity index (χ1n) is 11.5. The monoisotopic (exact) mass is 516 g/mol. The smallest absolute Gasteiger partial charge is 0.449 e. The van der Waals surface area contributed by atoms with Gasteiger partial charge in [0.15, 0.2) is 0 Å². The van der Waals surface area contributed by atoms with Gasteiger partial charge in [0.1, 0.15) is 17.1 Å². The molecule has 0 saturated carbocycles. The number of alkyl halides is 3. The van der Waals surface area contributed by atoms with Gasteiger partial charge in [-0.15, -0.1) is 0 Å². The van der Waals surface area contributed by atoms with Gasteiger partial charge in [-0.25, -0.2) is 4.79 Å². The molecule has 4 aromatic carbocycles.